The zero-order chi connectivity index (χ0) is 20.6. The maximum atomic E-state index is 12.2. The summed E-state index contributed by atoms with van der Waals surface area (Å²) < 4.78 is 2.18. The second-order valence-corrected chi connectivity index (χ2v) is 7.33. The molecule has 156 valence electrons. The number of nitrogens with one attached hydrogen (secondary N) is 2. The number of carbonyl (C=O) groups excluding carboxylic acids is 1. The van der Waals surface area contributed by atoms with Gasteiger partial charge in [0.15, 0.2) is 5.96 Å². The van der Waals surface area contributed by atoms with Gasteiger partial charge in [-0.05, 0) is 43.5 Å². The number of rotatable bonds is 6. The van der Waals surface area contributed by atoms with Crippen molar-refractivity contribution in [3.8, 4) is 5.75 Å². The van der Waals surface area contributed by atoms with Crippen LogP contribution in [0.2, 0.25) is 0 Å². The van der Waals surface area contributed by atoms with Crippen LogP contribution >= 0.6 is 0 Å². The molecule has 8 heteroatoms. The third-order valence-electron chi connectivity index (χ3n) is 5.25. The maximum absolute atomic E-state index is 12.2. The molecule has 1 saturated heterocycles. The van der Waals surface area contributed by atoms with E-state index in [-0.39, 0.29) is 11.7 Å². The number of guanidine groups is 1. The zero-order valence-corrected chi connectivity index (χ0v) is 17.1. The quantitative estimate of drug-likeness (QED) is 0.392. The molecule has 1 aromatic heterocycles. The molecule has 29 heavy (non-hydrogen) atoms. The molecule has 8 nitrogen and oxygen atoms in total. The Morgan fingerprint density at radius 1 is 1.31 bits per heavy atom. The van der Waals surface area contributed by atoms with Crippen molar-refractivity contribution in [1.82, 2.24) is 25.1 Å². The molecule has 1 aliphatic rings. The van der Waals surface area contributed by atoms with Crippen molar-refractivity contribution in [2.24, 2.45) is 10.9 Å². The van der Waals surface area contributed by atoms with Gasteiger partial charge in [-0.15, -0.1) is 0 Å². The van der Waals surface area contributed by atoms with E-state index in [1.807, 2.05) is 18.7 Å². The smallest absolute Gasteiger partial charge is 0.251 e. The van der Waals surface area contributed by atoms with Crippen LogP contribution in [0.3, 0.4) is 0 Å². The van der Waals surface area contributed by atoms with Crippen LogP contribution in [0.5, 0.6) is 5.75 Å². The highest BCUT2D eigenvalue weighted by atomic mass is 16.3. The number of aromatic nitrogens is 2. The molecule has 0 spiro atoms. The van der Waals surface area contributed by atoms with E-state index in [1.54, 1.807) is 12.1 Å². The van der Waals surface area contributed by atoms with E-state index in [0.717, 1.165) is 32.0 Å². The van der Waals surface area contributed by atoms with Gasteiger partial charge >= 0.3 is 0 Å². The molecule has 1 aromatic carbocycles. The number of aliphatic imine (C=N–C) groups is 1. The van der Waals surface area contributed by atoms with Crippen LogP contribution in [-0.2, 0) is 0 Å². The molecule has 2 unspecified atom stereocenters. The predicted molar refractivity (Wildman–Crippen MR) is 113 cm³/mol. The first kappa shape index (κ1) is 20.7. The van der Waals surface area contributed by atoms with Crippen LogP contribution in [0.1, 0.15) is 36.7 Å². The van der Waals surface area contributed by atoms with Gasteiger partial charge in [0, 0.05) is 44.1 Å². The van der Waals surface area contributed by atoms with E-state index in [0.29, 0.717) is 30.6 Å². The number of amides is 1. The van der Waals surface area contributed by atoms with Crippen molar-refractivity contribution < 1.29 is 9.90 Å². The highest BCUT2D eigenvalue weighted by molar-refractivity contribution is 5.94. The maximum Gasteiger partial charge on any atom is 0.251 e. The van der Waals surface area contributed by atoms with Gasteiger partial charge in [-0.1, -0.05) is 6.92 Å². The van der Waals surface area contributed by atoms with E-state index in [1.165, 1.54) is 12.1 Å². The third kappa shape index (κ3) is 5.49. The molecular weight excluding hydrogens is 368 g/mol. The van der Waals surface area contributed by atoms with Crippen LogP contribution in [-0.4, -0.2) is 64.1 Å². The highest BCUT2D eigenvalue weighted by Crippen LogP contribution is 2.27. The fourth-order valence-electron chi connectivity index (χ4n) is 3.57. The largest absolute Gasteiger partial charge is 0.508 e. The van der Waals surface area contributed by atoms with Gasteiger partial charge < -0.3 is 25.2 Å². The Balaban J connectivity index is 1.56. The average Bonchev–Trinajstić information content (AvgIpc) is 3.26. The summed E-state index contributed by atoms with van der Waals surface area (Å²) in [5.74, 6) is 1.43. The van der Waals surface area contributed by atoms with Crippen molar-refractivity contribution in [3.63, 3.8) is 0 Å². The monoisotopic (exact) mass is 398 g/mol. The normalized spacial score (nSPS) is 19.8. The van der Waals surface area contributed by atoms with Crippen LogP contribution in [0, 0.1) is 5.92 Å². The lowest BCUT2D eigenvalue weighted by Gasteiger charge is -2.39. The molecule has 0 aliphatic carbocycles. The van der Waals surface area contributed by atoms with E-state index in [4.69, 9.17) is 4.99 Å². The summed E-state index contributed by atoms with van der Waals surface area (Å²) in [6.45, 7) is 7.91. The molecule has 2 aromatic rings. The van der Waals surface area contributed by atoms with Gasteiger partial charge in [-0.2, -0.15) is 0 Å². The Kier molecular flexibility index (Phi) is 7.10. The Morgan fingerprint density at radius 2 is 2.10 bits per heavy atom. The van der Waals surface area contributed by atoms with Crippen LogP contribution < -0.4 is 10.6 Å². The van der Waals surface area contributed by atoms with E-state index in [2.05, 4.69) is 38.9 Å². The van der Waals surface area contributed by atoms with Gasteiger partial charge in [0.05, 0.1) is 18.9 Å². The molecule has 1 amide bonds. The number of aromatic hydroxyl groups is 1. The standard InChI is InChI=1S/C21H30N6O2/c1-3-23-21(25-10-9-24-20(29)17-4-6-18(28)7-5-17)26-12-8-16(2)19(14-26)27-13-11-22-15-27/h4-7,11,13,15-16,19,28H,3,8-10,12,14H2,1-2H3,(H,23,25)(H,24,29). The van der Waals surface area contributed by atoms with Crippen molar-refractivity contribution >= 4 is 11.9 Å². The fraction of sp³-hybridized carbons (Fsp3) is 0.476. The van der Waals surface area contributed by atoms with Crippen molar-refractivity contribution in [2.45, 2.75) is 26.3 Å². The van der Waals surface area contributed by atoms with Gasteiger partial charge in [-0.3, -0.25) is 9.79 Å². The molecule has 3 rings (SSSR count). The number of piperidine rings is 1. The molecule has 2 heterocycles. The van der Waals surface area contributed by atoms with Gasteiger partial charge in [0.1, 0.15) is 5.75 Å². The second kappa shape index (κ2) is 9.95. The van der Waals surface area contributed by atoms with Gasteiger partial charge in [0.25, 0.3) is 5.91 Å². The lowest BCUT2D eigenvalue weighted by molar-refractivity contribution is 0.0954. The summed E-state index contributed by atoms with van der Waals surface area (Å²) in [7, 11) is 0. The van der Waals surface area contributed by atoms with Crippen molar-refractivity contribution in [3.05, 3.63) is 48.5 Å². The number of phenols is 1. The Morgan fingerprint density at radius 3 is 2.79 bits per heavy atom. The summed E-state index contributed by atoms with van der Waals surface area (Å²) in [6, 6.07) is 6.57. The molecule has 2 atom stereocenters. The first-order valence-corrected chi connectivity index (χ1v) is 10.2. The first-order chi connectivity index (χ1) is 14.1. The number of likely N-dealkylation sites (tertiary alicyclic amines) is 1. The number of carbonyl (C=O) groups is 1. The van der Waals surface area contributed by atoms with Gasteiger partial charge in [-0.25, -0.2) is 4.98 Å². The molecule has 0 bridgehead atoms. The van der Waals surface area contributed by atoms with Crippen molar-refractivity contribution in [2.75, 3.05) is 32.7 Å². The Labute approximate surface area is 171 Å². The fourth-order valence-corrected chi connectivity index (χ4v) is 3.57. The van der Waals surface area contributed by atoms with E-state index >= 15 is 0 Å². The van der Waals surface area contributed by atoms with Crippen LogP contribution in [0.25, 0.3) is 0 Å². The summed E-state index contributed by atoms with van der Waals surface area (Å²) >= 11 is 0. The molecule has 0 radical (unpaired) electrons. The second-order valence-electron chi connectivity index (χ2n) is 7.33. The summed E-state index contributed by atoms with van der Waals surface area (Å²) in [5, 5.41) is 15.6. The minimum Gasteiger partial charge on any atom is -0.508 e. The Hall–Kier alpha value is -3.03. The SMILES string of the molecule is CCNC(=NCCNC(=O)c1ccc(O)cc1)N1CCC(C)C(n2ccnc2)C1. The number of phenolic OH excluding ortho intramolecular Hbond substituents is 1. The number of hydrogen-bond donors (Lipinski definition) is 3. The molecule has 0 saturated carbocycles. The number of hydrogen-bond acceptors (Lipinski definition) is 4. The average molecular weight is 399 g/mol. The zero-order valence-electron chi connectivity index (χ0n) is 17.1. The summed E-state index contributed by atoms with van der Waals surface area (Å²) in [5.41, 5.74) is 0.520. The minimum absolute atomic E-state index is 0.145. The van der Waals surface area contributed by atoms with E-state index in [9.17, 15) is 9.90 Å². The molecule has 1 fully saturated rings. The van der Waals surface area contributed by atoms with Gasteiger partial charge in [0.2, 0.25) is 0 Å². The number of imidazole rings is 1. The highest BCUT2D eigenvalue weighted by Gasteiger charge is 2.28. The molecule has 1 aliphatic heterocycles. The minimum atomic E-state index is -0.169. The topological polar surface area (TPSA) is 94.8 Å². The molecular formula is C21H30N6O2. The predicted octanol–water partition coefficient (Wildman–Crippen LogP) is 1.87. The first-order valence-electron chi connectivity index (χ1n) is 10.2. The Bertz CT molecular complexity index is 803. The summed E-state index contributed by atoms with van der Waals surface area (Å²) in [6.07, 6.45) is 6.81. The van der Waals surface area contributed by atoms with Crippen molar-refractivity contribution in [1.29, 1.82) is 0 Å². The summed E-state index contributed by atoms with van der Waals surface area (Å²) in [4.78, 5) is 23.3. The third-order valence-corrected chi connectivity index (χ3v) is 5.25. The molecule has 3 N–H and O–H groups in total. The van der Waals surface area contributed by atoms with Crippen LogP contribution in [0.4, 0.5) is 0 Å². The lowest BCUT2D eigenvalue weighted by atomic mass is 9.93. The van der Waals surface area contributed by atoms with Crippen LogP contribution in [0.15, 0.2) is 48.0 Å². The van der Waals surface area contributed by atoms with E-state index < -0.39 is 0 Å². The lowest BCUT2D eigenvalue weighted by Crippen LogP contribution is -2.49. The number of benzene rings is 1. The number of nitrogens with zero attached hydrogens (tertiary/aromatic N) is 4.